The number of rotatable bonds is 6. The first-order chi connectivity index (χ1) is 16.4. The average Bonchev–Trinajstić information content (AvgIpc) is 3.28. The second kappa shape index (κ2) is 10.5. The Morgan fingerprint density at radius 1 is 0.912 bits per heavy atom. The van der Waals surface area contributed by atoms with Crippen molar-refractivity contribution < 1.29 is 9.59 Å². The number of nitrogens with one attached hydrogen (secondary N) is 2. The zero-order valence-corrected chi connectivity index (χ0v) is 20.2. The Kier molecular flexibility index (Phi) is 7.30. The van der Waals surface area contributed by atoms with Crippen LogP contribution in [0.1, 0.15) is 21.5 Å². The van der Waals surface area contributed by atoms with Crippen LogP contribution in [0.2, 0.25) is 5.02 Å². The average molecular weight is 492 g/mol. The first-order valence-corrected chi connectivity index (χ1v) is 11.9. The van der Waals surface area contributed by atoms with Crippen molar-refractivity contribution in [3.05, 3.63) is 94.5 Å². The zero-order valence-electron chi connectivity index (χ0n) is 18.6. The number of halogens is 1. The molecule has 0 aliphatic rings. The van der Waals surface area contributed by atoms with Crippen LogP contribution in [0.25, 0.3) is 17.1 Å². The molecule has 2 amide bonds. The molecule has 1 aromatic heterocycles. The Bertz CT molecular complexity index is 1340. The highest BCUT2D eigenvalue weighted by molar-refractivity contribution is 7.99. The first-order valence-electron chi connectivity index (χ1n) is 10.5. The van der Waals surface area contributed by atoms with E-state index >= 15 is 0 Å². The normalized spacial score (nSPS) is 10.7. The lowest BCUT2D eigenvalue weighted by Crippen LogP contribution is -2.42. The van der Waals surface area contributed by atoms with Crippen molar-refractivity contribution in [2.75, 3.05) is 5.75 Å². The molecule has 0 saturated heterocycles. The number of aromatic nitrogens is 3. The highest BCUT2D eigenvalue weighted by atomic mass is 35.5. The van der Waals surface area contributed by atoms with Gasteiger partial charge in [0.2, 0.25) is 5.91 Å². The minimum Gasteiger partial charge on any atom is -0.272 e. The fourth-order valence-corrected chi connectivity index (χ4v) is 4.21. The quantitative estimate of drug-likeness (QED) is 0.300. The lowest BCUT2D eigenvalue weighted by atomic mass is 10.1. The number of benzene rings is 3. The van der Waals surface area contributed by atoms with E-state index in [2.05, 4.69) is 34.0 Å². The third kappa shape index (κ3) is 5.30. The molecule has 0 aliphatic carbocycles. The van der Waals surface area contributed by atoms with Crippen LogP contribution in [0, 0.1) is 13.8 Å². The molecule has 0 saturated carbocycles. The number of carbonyl (C=O) groups is 2. The summed E-state index contributed by atoms with van der Waals surface area (Å²) in [5.41, 5.74) is 9.22. The Hall–Kier alpha value is -3.62. The van der Waals surface area contributed by atoms with Crippen molar-refractivity contribution in [2.45, 2.75) is 19.0 Å². The van der Waals surface area contributed by atoms with E-state index in [0.717, 1.165) is 16.8 Å². The predicted molar refractivity (Wildman–Crippen MR) is 134 cm³/mol. The van der Waals surface area contributed by atoms with E-state index in [0.29, 0.717) is 16.0 Å². The second-order valence-corrected chi connectivity index (χ2v) is 8.90. The van der Waals surface area contributed by atoms with Crippen LogP contribution < -0.4 is 10.9 Å². The van der Waals surface area contributed by atoms with Crippen LogP contribution in [-0.4, -0.2) is 32.3 Å². The van der Waals surface area contributed by atoms with Gasteiger partial charge in [-0.3, -0.25) is 25.0 Å². The summed E-state index contributed by atoms with van der Waals surface area (Å²) < 4.78 is 1.93. The molecule has 1 heterocycles. The first kappa shape index (κ1) is 23.5. The minimum atomic E-state index is -0.492. The van der Waals surface area contributed by atoms with Crippen LogP contribution in [-0.2, 0) is 4.79 Å². The molecule has 34 heavy (non-hydrogen) atoms. The van der Waals surface area contributed by atoms with Crippen LogP contribution in [0.4, 0.5) is 0 Å². The molecule has 2 N–H and O–H groups in total. The summed E-state index contributed by atoms with van der Waals surface area (Å²) in [4.78, 5) is 24.7. The van der Waals surface area contributed by atoms with Gasteiger partial charge in [-0.2, -0.15) is 0 Å². The van der Waals surface area contributed by atoms with Crippen molar-refractivity contribution in [2.24, 2.45) is 0 Å². The fraction of sp³-hybridized carbons (Fsp3) is 0.120. The molecule has 0 atom stereocenters. The highest BCUT2D eigenvalue weighted by Crippen LogP contribution is 2.28. The van der Waals surface area contributed by atoms with Gasteiger partial charge in [0.05, 0.1) is 22.0 Å². The number of carbonyl (C=O) groups excluding carboxylic acids is 2. The summed E-state index contributed by atoms with van der Waals surface area (Å²) >= 11 is 7.26. The number of hydrazine groups is 1. The lowest BCUT2D eigenvalue weighted by Gasteiger charge is -2.12. The van der Waals surface area contributed by atoms with E-state index in [9.17, 15) is 9.59 Å². The molecule has 9 heteroatoms. The second-order valence-electron chi connectivity index (χ2n) is 7.55. The number of nitrogens with zero attached hydrogens (tertiary/aromatic N) is 3. The Balaban J connectivity index is 1.51. The number of amides is 2. The molecular formula is C25H22ClN5O2S. The van der Waals surface area contributed by atoms with Crippen LogP contribution in [0.3, 0.4) is 0 Å². The van der Waals surface area contributed by atoms with Gasteiger partial charge in [-0.25, -0.2) is 0 Å². The standard InChI is InChI=1S/C25H22ClN5O2S/c1-16-12-13-19(14-17(16)2)31-23(18-8-4-3-5-9-18)28-30-25(31)34-15-22(32)27-29-24(33)20-10-6-7-11-21(20)26/h3-14H,15H2,1-2H3,(H,27,32)(H,29,33). The van der Waals surface area contributed by atoms with E-state index < -0.39 is 5.91 Å². The van der Waals surface area contributed by atoms with Gasteiger partial charge in [0.15, 0.2) is 11.0 Å². The van der Waals surface area contributed by atoms with Gasteiger partial charge in [0, 0.05) is 5.56 Å². The van der Waals surface area contributed by atoms with E-state index in [1.807, 2.05) is 54.0 Å². The van der Waals surface area contributed by atoms with E-state index in [4.69, 9.17) is 11.6 Å². The molecule has 3 aromatic carbocycles. The summed E-state index contributed by atoms with van der Waals surface area (Å²) in [6, 6.07) is 22.5. The smallest absolute Gasteiger partial charge is 0.271 e. The van der Waals surface area contributed by atoms with Gasteiger partial charge in [-0.15, -0.1) is 10.2 Å². The summed E-state index contributed by atoms with van der Waals surface area (Å²) in [5.74, 6) is -0.172. The third-order valence-electron chi connectivity index (χ3n) is 5.18. The van der Waals surface area contributed by atoms with Gasteiger partial charge < -0.3 is 0 Å². The lowest BCUT2D eigenvalue weighted by molar-refractivity contribution is -0.119. The van der Waals surface area contributed by atoms with Gasteiger partial charge in [0.25, 0.3) is 5.91 Å². The SMILES string of the molecule is Cc1ccc(-n2c(SCC(=O)NNC(=O)c3ccccc3Cl)nnc2-c2ccccc2)cc1C. The zero-order chi connectivity index (χ0) is 24.1. The molecule has 0 aliphatic heterocycles. The van der Waals surface area contributed by atoms with Crippen LogP contribution in [0.5, 0.6) is 0 Å². The molecule has 7 nitrogen and oxygen atoms in total. The van der Waals surface area contributed by atoms with Crippen LogP contribution in [0.15, 0.2) is 78.0 Å². The van der Waals surface area contributed by atoms with Crippen molar-refractivity contribution in [1.82, 2.24) is 25.6 Å². The maximum absolute atomic E-state index is 12.4. The molecule has 0 fully saturated rings. The predicted octanol–water partition coefficient (Wildman–Crippen LogP) is 4.76. The third-order valence-corrected chi connectivity index (χ3v) is 6.44. The molecule has 0 bridgehead atoms. The van der Waals surface area contributed by atoms with Crippen molar-refractivity contribution in [3.63, 3.8) is 0 Å². The van der Waals surface area contributed by atoms with E-state index in [1.165, 1.54) is 17.3 Å². The molecule has 172 valence electrons. The van der Waals surface area contributed by atoms with Crippen molar-refractivity contribution >= 4 is 35.2 Å². The molecule has 4 aromatic rings. The molecule has 0 unspecified atom stereocenters. The van der Waals surface area contributed by atoms with Crippen LogP contribution >= 0.6 is 23.4 Å². The van der Waals surface area contributed by atoms with Gasteiger partial charge in [-0.05, 0) is 49.2 Å². The number of hydrogen-bond acceptors (Lipinski definition) is 5. The fourth-order valence-electron chi connectivity index (χ4n) is 3.24. The summed E-state index contributed by atoms with van der Waals surface area (Å²) in [7, 11) is 0. The maximum Gasteiger partial charge on any atom is 0.271 e. The summed E-state index contributed by atoms with van der Waals surface area (Å²) in [6.07, 6.45) is 0. The Morgan fingerprint density at radius 3 is 2.38 bits per heavy atom. The van der Waals surface area contributed by atoms with E-state index in [1.54, 1.807) is 24.3 Å². The molecule has 0 spiro atoms. The minimum absolute atomic E-state index is 0.0283. The number of hydrogen-bond donors (Lipinski definition) is 2. The summed E-state index contributed by atoms with van der Waals surface area (Å²) in [6.45, 7) is 4.10. The van der Waals surface area contributed by atoms with Gasteiger partial charge in [-0.1, -0.05) is 71.9 Å². The monoisotopic (exact) mass is 491 g/mol. The Labute approximate surface area is 206 Å². The molecular weight excluding hydrogens is 470 g/mol. The van der Waals surface area contributed by atoms with Gasteiger partial charge >= 0.3 is 0 Å². The number of thioether (sulfide) groups is 1. The van der Waals surface area contributed by atoms with Gasteiger partial charge in [0.1, 0.15) is 0 Å². The number of aryl methyl sites for hydroxylation is 2. The molecule has 0 radical (unpaired) electrons. The van der Waals surface area contributed by atoms with E-state index in [-0.39, 0.29) is 17.2 Å². The Morgan fingerprint density at radius 2 is 1.65 bits per heavy atom. The maximum atomic E-state index is 12.4. The largest absolute Gasteiger partial charge is 0.272 e. The highest BCUT2D eigenvalue weighted by Gasteiger charge is 2.18. The topological polar surface area (TPSA) is 88.9 Å². The van der Waals surface area contributed by atoms with Crippen molar-refractivity contribution in [1.29, 1.82) is 0 Å². The van der Waals surface area contributed by atoms with Crippen molar-refractivity contribution in [3.8, 4) is 17.1 Å². The summed E-state index contributed by atoms with van der Waals surface area (Å²) in [5, 5.41) is 9.60. The molecule has 4 rings (SSSR count).